The summed E-state index contributed by atoms with van der Waals surface area (Å²) in [6.45, 7) is 3.61. The summed E-state index contributed by atoms with van der Waals surface area (Å²) in [5.41, 5.74) is 0.709. The molecule has 1 rings (SSSR count). The second-order valence-corrected chi connectivity index (χ2v) is 4.54. The highest BCUT2D eigenvalue weighted by Crippen LogP contribution is 2.13. The number of carbonyl (C=O) groups excluding carboxylic acids is 2. The van der Waals surface area contributed by atoms with E-state index < -0.39 is 5.97 Å². The molecule has 1 aromatic carbocycles. The summed E-state index contributed by atoms with van der Waals surface area (Å²) in [4.78, 5) is 24.9. The van der Waals surface area contributed by atoms with Crippen molar-refractivity contribution in [2.75, 3.05) is 13.7 Å². The summed E-state index contributed by atoms with van der Waals surface area (Å²) in [6, 6.07) is 6.42. The molecule has 0 atom stereocenters. The van der Waals surface area contributed by atoms with Crippen molar-refractivity contribution in [1.82, 2.24) is 4.90 Å². The minimum absolute atomic E-state index is 0.0637. The molecule has 0 radical (unpaired) electrons. The van der Waals surface area contributed by atoms with Gasteiger partial charge in [0.1, 0.15) is 12.3 Å². The average molecular weight is 265 g/mol. The van der Waals surface area contributed by atoms with Gasteiger partial charge >= 0.3 is 5.97 Å². The Morgan fingerprint density at radius 1 is 1.37 bits per heavy atom. The topological polar surface area (TPSA) is 66.8 Å². The van der Waals surface area contributed by atoms with Crippen LogP contribution in [-0.4, -0.2) is 41.6 Å². The lowest BCUT2D eigenvalue weighted by Crippen LogP contribution is -2.41. The number of esters is 1. The zero-order valence-corrected chi connectivity index (χ0v) is 11.4. The Morgan fingerprint density at radius 3 is 2.58 bits per heavy atom. The molecule has 1 N–H and O–H groups in total. The van der Waals surface area contributed by atoms with E-state index in [4.69, 9.17) is 0 Å². The van der Waals surface area contributed by atoms with E-state index in [1.807, 2.05) is 13.8 Å². The first-order valence-corrected chi connectivity index (χ1v) is 6.08. The molecule has 5 nitrogen and oxygen atoms in total. The van der Waals surface area contributed by atoms with Crippen molar-refractivity contribution in [3.63, 3.8) is 0 Å². The van der Waals surface area contributed by atoms with Crippen molar-refractivity contribution in [3.8, 4) is 5.75 Å². The zero-order chi connectivity index (χ0) is 14.4. The van der Waals surface area contributed by atoms with Gasteiger partial charge in [-0.15, -0.1) is 0 Å². The molecular formula is C14H19NO4. The van der Waals surface area contributed by atoms with Crippen LogP contribution >= 0.6 is 0 Å². The van der Waals surface area contributed by atoms with Gasteiger partial charge in [0.2, 0.25) is 5.91 Å². The van der Waals surface area contributed by atoms with Crippen molar-refractivity contribution in [3.05, 3.63) is 29.8 Å². The Balaban J connectivity index is 2.75. The number of carbonyl (C=O) groups is 2. The number of phenolic OH excluding ortho intramolecular Hbond substituents is 1. The monoisotopic (exact) mass is 265 g/mol. The van der Waals surface area contributed by atoms with Crippen LogP contribution in [0.1, 0.15) is 19.4 Å². The van der Waals surface area contributed by atoms with Crippen molar-refractivity contribution >= 4 is 11.9 Å². The minimum atomic E-state index is -0.446. The molecule has 0 spiro atoms. The van der Waals surface area contributed by atoms with Crippen LogP contribution in [-0.2, 0) is 20.7 Å². The molecular weight excluding hydrogens is 246 g/mol. The quantitative estimate of drug-likeness (QED) is 0.816. The molecule has 0 aliphatic carbocycles. The van der Waals surface area contributed by atoms with Crippen LogP contribution < -0.4 is 0 Å². The molecule has 5 heteroatoms. The van der Waals surface area contributed by atoms with E-state index in [1.54, 1.807) is 18.2 Å². The van der Waals surface area contributed by atoms with Crippen LogP contribution in [0.2, 0.25) is 0 Å². The highest BCUT2D eigenvalue weighted by atomic mass is 16.5. The Labute approximate surface area is 112 Å². The van der Waals surface area contributed by atoms with E-state index in [0.717, 1.165) is 0 Å². The van der Waals surface area contributed by atoms with Gasteiger partial charge in [-0.05, 0) is 31.5 Å². The number of amides is 1. The molecule has 1 aromatic rings. The Bertz CT molecular complexity index is 457. The van der Waals surface area contributed by atoms with Crippen LogP contribution in [0.5, 0.6) is 5.75 Å². The number of nitrogens with zero attached hydrogens (tertiary/aromatic N) is 1. The number of phenols is 1. The molecule has 0 aliphatic rings. The number of aromatic hydroxyl groups is 1. The maximum atomic E-state index is 12.2. The SMILES string of the molecule is COC(=O)CN(C(=O)Cc1cccc(O)c1)C(C)C. The smallest absolute Gasteiger partial charge is 0.325 e. The zero-order valence-electron chi connectivity index (χ0n) is 11.4. The largest absolute Gasteiger partial charge is 0.508 e. The third kappa shape index (κ3) is 4.62. The van der Waals surface area contributed by atoms with Crippen LogP contribution in [0.15, 0.2) is 24.3 Å². The molecule has 0 heterocycles. The summed E-state index contributed by atoms with van der Waals surface area (Å²) in [5, 5.41) is 9.36. The molecule has 0 aliphatic heterocycles. The van der Waals surface area contributed by atoms with E-state index in [1.165, 1.54) is 18.1 Å². The van der Waals surface area contributed by atoms with Crippen molar-refractivity contribution in [2.45, 2.75) is 26.3 Å². The van der Waals surface area contributed by atoms with Crippen LogP contribution in [0.3, 0.4) is 0 Å². The molecule has 104 valence electrons. The van der Waals surface area contributed by atoms with Gasteiger partial charge in [0, 0.05) is 6.04 Å². The molecule has 0 fully saturated rings. The third-order valence-corrected chi connectivity index (χ3v) is 2.74. The fourth-order valence-electron chi connectivity index (χ4n) is 1.70. The standard InChI is InChI=1S/C14H19NO4/c1-10(2)15(9-14(18)19-3)13(17)8-11-5-4-6-12(16)7-11/h4-7,10,16H,8-9H2,1-3H3. The first-order valence-electron chi connectivity index (χ1n) is 6.08. The second kappa shape index (κ2) is 6.78. The number of ether oxygens (including phenoxy) is 1. The summed E-state index contributed by atoms with van der Waals surface area (Å²) in [7, 11) is 1.29. The predicted molar refractivity (Wildman–Crippen MR) is 70.7 cm³/mol. The lowest BCUT2D eigenvalue weighted by atomic mass is 10.1. The van der Waals surface area contributed by atoms with Gasteiger partial charge in [0.05, 0.1) is 13.5 Å². The fraction of sp³-hybridized carbons (Fsp3) is 0.429. The fourth-order valence-corrected chi connectivity index (χ4v) is 1.70. The summed E-state index contributed by atoms with van der Waals surface area (Å²) in [5.74, 6) is -0.502. The highest BCUT2D eigenvalue weighted by Gasteiger charge is 2.20. The van der Waals surface area contributed by atoms with Gasteiger partial charge in [-0.3, -0.25) is 9.59 Å². The molecule has 0 unspecified atom stereocenters. The van der Waals surface area contributed by atoms with E-state index >= 15 is 0 Å². The van der Waals surface area contributed by atoms with Gasteiger partial charge in [0.15, 0.2) is 0 Å². The Morgan fingerprint density at radius 2 is 2.05 bits per heavy atom. The van der Waals surface area contributed by atoms with E-state index in [2.05, 4.69) is 4.74 Å². The second-order valence-electron chi connectivity index (χ2n) is 4.54. The maximum Gasteiger partial charge on any atom is 0.325 e. The van der Waals surface area contributed by atoms with Crippen molar-refractivity contribution < 1.29 is 19.4 Å². The number of hydrogen-bond donors (Lipinski definition) is 1. The average Bonchev–Trinajstić information content (AvgIpc) is 2.35. The predicted octanol–water partition coefficient (Wildman–Crippen LogP) is 1.34. The van der Waals surface area contributed by atoms with E-state index in [-0.39, 0.29) is 30.7 Å². The number of hydrogen-bond acceptors (Lipinski definition) is 4. The number of methoxy groups -OCH3 is 1. The van der Waals surface area contributed by atoms with Crippen molar-refractivity contribution in [2.24, 2.45) is 0 Å². The minimum Gasteiger partial charge on any atom is -0.508 e. The van der Waals surface area contributed by atoms with Gasteiger partial charge in [-0.1, -0.05) is 12.1 Å². The Kier molecular flexibility index (Phi) is 5.36. The van der Waals surface area contributed by atoms with E-state index in [9.17, 15) is 14.7 Å². The molecule has 19 heavy (non-hydrogen) atoms. The molecule has 0 saturated carbocycles. The normalized spacial score (nSPS) is 10.3. The molecule has 0 aromatic heterocycles. The summed E-state index contributed by atoms with van der Waals surface area (Å²) < 4.78 is 4.58. The maximum absolute atomic E-state index is 12.2. The van der Waals surface area contributed by atoms with Gasteiger partial charge in [-0.25, -0.2) is 0 Å². The molecule has 0 saturated heterocycles. The summed E-state index contributed by atoms with van der Waals surface area (Å²) >= 11 is 0. The van der Waals surface area contributed by atoms with E-state index in [0.29, 0.717) is 5.56 Å². The van der Waals surface area contributed by atoms with Crippen LogP contribution in [0, 0.1) is 0 Å². The van der Waals surface area contributed by atoms with Crippen LogP contribution in [0.25, 0.3) is 0 Å². The third-order valence-electron chi connectivity index (χ3n) is 2.74. The molecule has 0 bridgehead atoms. The lowest BCUT2D eigenvalue weighted by molar-refractivity contribution is -0.148. The summed E-state index contributed by atoms with van der Waals surface area (Å²) in [6.07, 6.45) is 0.142. The number of rotatable bonds is 5. The first kappa shape index (κ1) is 15.0. The molecule has 1 amide bonds. The Hall–Kier alpha value is -2.04. The van der Waals surface area contributed by atoms with Gasteiger partial charge in [-0.2, -0.15) is 0 Å². The van der Waals surface area contributed by atoms with Gasteiger partial charge < -0.3 is 14.7 Å². The van der Waals surface area contributed by atoms with Crippen molar-refractivity contribution in [1.29, 1.82) is 0 Å². The van der Waals surface area contributed by atoms with Crippen LogP contribution in [0.4, 0.5) is 0 Å². The van der Waals surface area contributed by atoms with Gasteiger partial charge in [0.25, 0.3) is 0 Å². The highest BCUT2D eigenvalue weighted by molar-refractivity contribution is 5.83. The lowest BCUT2D eigenvalue weighted by Gasteiger charge is -2.25. The first-order chi connectivity index (χ1) is 8.93. The number of benzene rings is 1.